The van der Waals surface area contributed by atoms with Gasteiger partial charge >= 0.3 is 24.8 Å². The molecule has 0 bridgehead atoms. The van der Waals surface area contributed by atoms with Crippen molar-refractivity contribution in [3.63, 3.8) is 0 Å². The number of nitrogens with zero attached hydrogens (tertiary/aromatic N) is 1. The maximum Gasteiger partial charge on any atom is 1.00 e. The van der Waals surface area contributed by atoms with E-state index in [1.807, 2.05) is 21.1 Å². The van der Waals surface area contributed by atoms with Gasteiger partial charge in [0.05, 0.1) is 21.1 Å². The van der Waals surface area contributed by atoms with Crippen LogP contribution in [0.2, 0.25) is 0 Å². The molecule has 0 fully saturated rings. The van der Waals surface area contributed by atoms with E-state index < -0.39 is 24.0 Å². The summed E-state index contributed by atoms with van der Waals surface area (Å²) >= 11 is 0. The summed E-state index contributed by atoms with van der Waals surface area (Å²) in [6, 6.07) is 0. The second-order valence-corrected chi connectivity index (χ2v) is 5.39. The number of carboxylic acid groups (broad SMARTS) is 2. The molecule has 1 atom stereocenters. The van der Waals surface area contributed by atoms with Gasteiger partial charge in [0.25, 0.3) is 0 Å². The first-order valence-electron chi connectivity index (χ1n) is 6.00. The fourth-order valence-electron chi connectivity index (χ4n) is 1.56. The molecule has 0 aliphatic rings. The van der Waals surface area contributed by atoms with Crippen LogP contribution in [0.5, 0.6) is 0 Å². The molecule has 0 spiro atoms. The summed E-state index contributed by atoms with van der Waals surface area (Å²) in [5.41, 5.74) is 0. The normalized spacial score (nSPS) is 12.2. The minimum Gasteiger partial charge on any atom is -0.550 e. The second kappa shape index (κ2) is 9.81. The van der Waals surface area contributed by atoms with Crippen LogP contribution < -0.4 is 29.1 Å². The number of carbonyl (C=O) groups is 3. The summed E-state index contributed by atoms with van der Waals surface area (Å²) in [4.78, 5) is 32.2. The van der Waals surface area contributed by atoms with Crippen molar-refractivity contribution in [1.29, 1.82) is 0 Å². The van der Waals surface area contributed by atoms with Crippen LogP contribution >= 0.6 is 0 Å². The maximum atomic E-state index is 11.4. The monoisotopic (exact) mass is 281 g/mol. The number of carboxylic acids is 2. The molecule has 7 nitrogen and oxygen atoms in total. The summed E-state index contributed by atoms with van der Waals surface area (Å²) in [5.74, 6) is -3.13. The Bertz CT molecular complexity index is 339. The van der Waals surface area contributed by atoms with Crippen molar-refractivity contribution in [2.75, 3.05) is 27.7 Å². The van der Waals surface area contributed by atoms with Crippen molar-refractivity contribution in [2.24, 2.45) is 0 Å². The number of quaternary nitrogens is 1. The fourth-order valence-corrected chi connectivity index (χ4v) is 1.56. The molecule has 0 aliphatic carbocycles. The quantitative estimate of drug-likeness (QED) is 0.237. The van der Waals surface area contributed by atoms with Crippen LogP contribution in [-0.4, -0.2) is 56.2 Å². The molecule has 0 radical (unpaired) electrons. The van der Waals surface area contributed by atoms with E-state index in [4.69, 9.17) is 4.74 Å². The molecular formula is C12H20LiNO6. The molecule has 0 aromatic heterocycles. The summed E-state index contributed by atoms with van der Waals surface area (Å²) < 4.78 is 5.47. The van der Waals surface area contributed by atoms with Gasteiger partial charge in [0.1, 0.15) is 6.54 Å². The average molecular weight is 281 g/mol. The molecule has 0 rings (SSSR count). The van der Waals surface area contributed by atoms with E-state index in [2.05, 4.69) is 0 Å². The predicted octanol–water partition coefficient (Wildman–Crippen LogP) is -5.33. The zero-order valence-corrected chi connectivity index (χ0v) is 12.5. The maximum absolute atomic E-state index is 11.4. The Morgan fingerprint density at radius 2 is 1.60 bits per heavy atom. The Morgan fingerprint density at radius 3 is 2.00 bits per heavy atom. The zero-order valence-electron chi connectivity index (χ0n) is 12.5. The number of hydrogen-bond donors (Lipinski definition) is 0. The van der Waals surface area contributed by atoms with E-state index in [1.54, 1.807) is 0 Å². The number of ether oxygens (including phenoxy) is 1. The van der Waals surface area contributed by atoms with Gasteiger partial charge < -0.3 is 29.0 Å². The van der Waals surface area contributed by atoms with Crippen LogP contribution in [0.15, 0.2) is 0 Å². The molecule has 0 aromatic rings. The van der Waals surface area contributed by atoms with Crippen molar-refractivity contribution in [1.82, 2.24) is 0 Å². The van der Waals surface area contributed by atoms with Crippen LogP contribution in [0.3, 0.4) is 0 Å². The van der Waals surface area contributed by atoms with Gasteiger partial charge in [-0.15, -0.1) is 0 Å². The van der Waals surface area contributed by atoms with Crippen molar-refractivity contribution in [3.05, 3.63) is 0 Å². The summed E-state index contributed by atoms with van der Waals surface area (Å²) in [6.07, 6.45) is -1.34. The Balaban J connectivity index is 0. The van der Waals surface area contributed by atoms with E-state index in [9.17, 15) is 24.6 Å². The molecule has 110 valence electrons. The molecule has 0 saturated carbocycles. The Morgan fingerprint density at radius 1 is 1.05 bits per heavy atom. The third-order valence-electron chi connectivity index (χ3n) is 2.21. The SMILES string of the molecule is C[N+](C)(C)CC(CC(=O)[O-])OC(=O)CCCC(=O)[O-].[Li+]. The number of carbonyl (C=O) groups excluding carboxylic acids is 3. The third-order valence-corrected chi connectivity index (χ3v) is 2.21. The van der Waals surface area contributed by atoms with Crippen LogP contribution in [0.1, 0.15) is 25.7 Å². The van der Waals surface area contributed by atoms with Crippen molar-refractivity contribution in [2.45, 2.75) is 31.8 Å². The van der Waals surface area contributed by atoms with Gasteiger partial charge in [-0.05, 0) is 12.8 Å². The van der Waals surface area contributed by atoms with Gasteiger partial charge in [-0.25, -0.2) is 0 Å². The van der Waals surface area contributed by atoms with Gasteiger partial charge in [0.15, 0.2) is 6.10 Å². The van der Waals surface area contributed by atoms with E-state index in [0.717, 1.165) is 0 Å². The van der Waals surface area contributed by atoms with Crippen LogP contribution in [0, 0.1) is 0 Å². The molecular weight excluding hydrogens is 261 g/mol. The first-order chi connectivity index (χ1) is 8.60. The van der Waals surface area contributed by atoms with E-state index in [0.29, 0.717) is 11.0 Å². The summed E-state index contributed by atoms with van der Waals surface area (Å²) in [6.45, 7) is 0.334. The van der Waals surface area contributed by atoms with Gasteiger partial charge in [-0.3, -0.25) is 4.79 Å². The molecule has 20 heavy (non-hydrogen) atoms. The third kappa shape index (κ3) is 13.4. The standard InChI is InChI=1S/C12H21NO6.Li/c1-13(2,3)8-9(7-11(16)17)19-12(18)6-4-5-10(14)15;/h9H,4-8H2,1-3H3,(H-,14,15,16,17);/q;+1/p-1. The van der Waals surface area contributed by atoms with Crippen molar-refractivity contribution < 1.29 is 52.7 Å². The van der Waals surface area contributed by atoms with E-state index >= 15 is 0 Å². The van der Waals surface area contributed by atoms with Gasteiger partial charge in [0, 0.05) is 24.8 Å². The summed E-state index contributed by atoms with van der Waals surface area (Å²) in [7, 11) is 5.52. The number of aliphatic carboxylic acids is 2. The molecule has 0 amide bonds. The number of hydrogen-bond acceptors (Lipinski definition) is 6. The Labute approximate surface area is 130 Å². The largest absolute Gasteiger partial charge is 1.00 e. The van der Waals surface area contributed by atoms with Gasteiger partial charge in [-0.1, -0.05) is 0 Å². The topological polar surface area (TPSA) is 107 Å². The Hall–Kier alpha value is -1.03. The molecule has 8 heteroatoms. The van der Waals surface area contributed by atoms with Gasteiger partial charge in [-0.2, -0.15) is 0 Å². The van der Waals surface area contributed by atoms with E-state index in [1.165, 1.54) is 0 Å². The minimum atomic E-state index is -1.29. The molecule has 0 saturated heterocycles. The fraction of sp³-hybridized carbons (Fsp3) is 0.750. The molecule has 0 N–H and O–H groups in total. The average Bonchev–Trinajstić information content (AvgIpc) is 2.12. The van der Waals surface area contributed by atoms with Crippen molar-refractivity contribution in [3.8, 4) is 0 Å². The minimum absolute atomic E-state index is 0. The van der Waals surface area contributed by atoms with Crippen LogP contribution in [0.4, 0.5) is 0 Å². The van der Waals surface area contributed by atoms with Crippen LogP contribution in [0.25, 0.3) is 0 Å². The first kappa shape index (κ1) is 21.3. The first-order valence-corrected chi connectivity index (χ1v) is 6.00. The predicted molar refractivity (Wildman–Crippen MR) is 61.3 cm³/mol. The Kier molecular flexibility index (Phi) is 10.4. The number of esters is 1. The number of rotatable bonds is 9. The second-order valence-electron chi connectivity index (χ2n) is 5.39. The smallest absolute Gasteiger partial charge is 0.550 e. The summed E-state index contributed by atoms with van der Waals surface area (Å²) in [5, 5.41) is 20.8. The van der Waals surface area contributed by atoms with Crippen molar-refractivity contribution >= 4 is 17.9 Å². The number of likely N-dealkylation sites (N-methyl/N-ethyl adjacent to an activating group) is 1. The molecule has 1 unspecified atom stereocenters. The molecule has 0 aliphatic heterocycles. The van der Waals surface area contributed by atoms with Crippen LogP contribution in [-0.2, 0) is 19.1 Å². The molecule has 0 aromatic carbocycles. The zero-order chi connectivity index (χ0) is 15.1. The van der Waals surface area contributed by atoms with Gasteiger partial charge in [0.2, 0.25) is 0 Å². The molecule has 0 heterocycles. The van der Waals surface area contributed by atoms with E-state index in [-0.39, 0.29) is 44.5 Å².